The number of nitrogens with one attached hydrogen (secondary N) is 2. The molecule has 1 aliphatic rings. The van der Waals surface area contributed by atoms with E-state index in [1.165, 1.54) is 0 Å². The van der Waals surface area contributed by atoms with Gasteiger partial charge in [0.1, 0.15) is 0 Å². The van der Waals surface area contributed by atoms with Gasteiger partial charge < -0.3 is 21.1 Å². The van der Waals surface area contributed by atoms with Gasteiger partial charge in [-0.15, -0.1) is 24.0 Å². The van der Waals surface area contributed by atoms with Crippen molar-refractivity contribution in [3.05, 3.63) is 29.8 Å². The highest BCUT2D eigenvalue weighted by atomic mass is 127. The summed E-state index contributed by atoms with van der Waals surface area (Å²) >= 11 is 0. The molecule has 8 heteroatoms. The van der Waals surface area contributed by atoms with E-state index < -0.39 is 0 Å². The Hall–Kier alpha value is -1.39. The molecule has 0 unspecified atom stereocenters. The minimum absolute atomic E-state index is 0. The van der Waals surface area contributed by atoms with Crippen LogP contribution in [-0.2, 0) is 16.1 Å². The Balaban J connectivity index is 0.00000392. The van der Waals surface area contributed by atoms with E-state index in [4.69, 9.17) is 10.5 Å². The predicted molar refractivity (Wildman–Crippen MR) is 125 cm³/mol. The van der Waals surface area contributed by atoms with Crippen molar-refractivity contribution in [1.29, 1.82) is 0 Å². The van der Waals surface area contributed by atoms with Gasteiger partial charge >= 0.3 is 0 Å². The Kier molecular flexibility index (Phi) is 12.1. The van der Waals surface area contributed by atoms with Crippen LogP contribution in [0.4, 0.5) is 5.69 Å². The number of hydrogen-bond acceptors (Lipinski definition) is 4. The number of nitrogens with two attached hydrogens (primary N) is 1. The number of rotatable bonds is 9. The fourth-order valence-electron chi connectivity index (χ4n) is 2.91. The summed E-state index contributed by atoms with van der Waals surface area (Å²) in [7, 11) is 0. The molecule has 7 nitrogen and oxygen atoms in total. The van der Waals surface area contributed by atoms with Gasteiger partial charge in [-0.25, -0.2) is 4.99 Å². The molecule has 1 amide bonds. The normalized spacial score (nSPS) is 15.2. The maximum Gasteiger partial charge on any atom is 0.224 e. The van der Waals surface area contributed by atoms with Gasteiger partial charge in [0.15, 0.2) is 5.96 Å². The van der Waals surface area contributed by atoms with E-state index in [0.717, 1.165) is 57.1 Å². The quantitative estimate of drug-likeness (QED) is 0.208. The van der Waals surface area contributed by atoms with Crippen LogP contribution in [0.2, 0.25) is 0 Å². The number of guanidine groups is 1. The molecule has 0 radical (unpaired) electrons. The molecule has 1 heterocycles. The molecule has 28 heavy (non-hydrogen) atoms. The van der Waals surface area contributed by atoms with Crippen LogP contribution in [0, 0.1) is 5.92 Å². The van der Waals surface area contributed by atoms with Crippen molar-refractivity contribution in [2.45, 2.75) is 33.2 Å². The standard InChI is InChI=1S/C20H33N5O2.HI/c1-16(2)13-19(26)24-18-6-3-5-17(14-18)15-23-20(21)22-7-4-8-25-9-11-27-12-10-25;/h3,5-6,14,16H,4,7-13,15H2,1-2H3,(H,24,26)(H3,21,22,23);1H. The van der Waals surface area contributed by atoms with E-state index in [9.17, 15) is 4.79 Å². The first kappa shape index (κ1) is 24.6. The monoisotopic (exact) mass is 503 g/mol. The lowest BCUT2D eigenvalue weighted by molar-refractivity contribution is -0.116. The van der Waals surface area contributed by atoms with Gasteiger partial charge in [-0.3, -0.25) is 9.69 Å². The number of morpholine rings is 1. The first-order chi connectivity index (χ1) is 13.0. The Morgan fingerprint density at radius 3 is 2.79 bits per heavy atom. The van der Waals surface area contributed by atoms with Gasteiger partial charge in [0.25, 0.3) is 0 Å². The predicted octanol–water partition coefficient (Wildman–Crippen LogP) is 2.42. The number of halogens is 1. The van der Waals surface area contributed by atoms with E-state index in [0.29, 0.717) is 24.8 Å². The van der Waals surface area contributed by atoms with E-state index in [1.54, 1.807) is 0 Å². The maximum atomic E-state index is 11.9. The van der Waals surface area contributed by atoms with E-state index in [-0.39, 0.29) is 29.9 Å². The third kappa shape index (κ3) is 10.2. The minimum atomic E-state index is 0. The first-order valence-electron chi connectivity index (χ1n) is 9.75. The zero-order chi connectivity index (χ0) is 19.5. The summed E-state index contributed by atoms with van der Waals surface area (Å²) < 4.78 is 5.34. The number of hydrogen-bond donors (Lipinski definition) is 3. The van der Waals surface area contributed by atoms with Gasteiger partial charge in [0.2, 0.25) is 5.91 Å². The third-order valence-corrected chi connectivity index (χ3v) is 4.30. The first-order valence-corrected chi connectivity index (χ1v) is 9.75. The van der Waals surface area contributed by atoms with Crippen LogP contribution in [0.5, 0.6) is 0 Å². The van der Waals surface area contributed by atoms with Gasteiger partial charge in [-0.1, -0.05) is 26.0 Å². The lowest BCUT2D eigenvalue weighted by Gasteiger charge is -2.26. The van der Waals surface area contributed by atoms with Gasteiger partial charge in [0.05, 0.1) is 19.8 Å². The van der Waals surface area contributed by atoms with E-state index >= 15 is 0 Å². The van der Waals surface area contributed by atoms with Crippen LogP contribution in [0.3, 0.4) is 0 Å². The average molecular weight is 503 g/mol. The van der Waals surface area contributed by atoms with Crippen LogP contribution in [0.15, 0.2) is 29.3 Å². The molecule has 1 aromatic rings. The highest BCUT2D eigenvalue weighted by molar-refractivity contribution is 14.0. The van der Waals surface area contributed by atoms with Crippen LogP contribution < -0.4 is 16.4 Å². The van der Waals surface area contributed by atoms with Crippen LogP contribution in [-0.4, -0.2) is 56.2 Å². The van der Waals surface area contributed by atoms with Crippen LogP contribution in [0.1, 0.15) is 32.3 Å². The second kappa shape index (κ2) is 13.7. The Labute approximate surface area is 185 Å². The number of anilines is 1. The number of aliphatic imine (C=N–C) groups is 1. The lowest BCUT2D eigenvalue weighted by Crippen LogP contribution is -2.39. The summed E-state index contributed by atoms with van der Waals surface area (Å²) in [6, 6.07) is 7.72. The smallest absolute Gasteiger partial charge is 0.224 e. The fraction of sp³-hybridized carbons (Fsp3) is 0.600. The number of amides is 1. The Morgan fingerprint density at radius 1 is 1.32 bits per heavy atom. The SMILES string of the molecule is CC(C)CC(=O)Nc1cccc(CN=C(N)NCCCN2CCOCC2)c1.I. The van der Waals surface area contributed by atoms with Crippen molar-refractivity contribution in [3.63, 3.8) is 0 Å². The molecule has 1 aliphatic heterocycles. The number of carbonyl (C=O) groups excluding carboxylic acids is 1. The molecule has 0 bridgehead atoms. The van der Waals surface area contributed by atoms with Crippen LogP contribution in [0.25, 0.3) is 0 Å². The van der Waals surface area contributed by atoms with Gasteiger partial charge in [-0.2, -0.15) is 0 Å². The van der Waals surface area contributed by atoms with Gasteiger partial charge in [-0.05, 0) is 36.6 Å². The molecule has 0 aromatic heterocycles. The van der Waals surface area contributed by atoms with Crippen molar-refractivity contribution in [2.75, 3.05) is 44.7 Å². The summed E-state index contributed by atoms with van der Waals surface area (Å²) in [6.45, 7) is 10.1. The zero-order valence-corrected chi connectivity index (χ0v) is 19.3. The van der Waals surface area contributed by atoms with Crippen molar-refractivity contribution >= 4 is 41.5 Å². The number of nitrogens with zero attached hydrogens (tertiary/aromatic N) is 2. The van der Waals surface area contributed by atoms with E-state index in [2.05, 4.69) is 20.5 Å². The molecule has 4 N–H and O–H groups in total. The highest BCUT2D eigenvalue weighted by Gasteiger charge is 2.09. The molecule has 158 valence electrons. The molecular formula is C20H34IN5O2. The number of carbonyl (C=O) groups is 1. The number of benzene rings is 1. The zero-order valence-electron chi connectivity index (χ0n) is 16.9. The van der Waals surface area contributed by atoms with Crippen molar-refractivity contribution in [3.8, 4) is 0 Å². The Morgan fingerprint density at radius 2 is 2.07 bits per heavy atom. The van der Waals surface area contributed by atoms with Crippen molar-refractivity contribution in [1.82, 2.24) is 10.2 Å². The molecule has 0 atom stereocenters. The molecule has 0 spiro atoms. The van der Waals surface area contributed by atoms with Crippen molar-refractivity contribution in [2.24, 2.45) is 16.6 Å². The largest absolute Gasteiger partial charge is 0.379 e. The fourth-order valence-corrected chi connectivity index (χ4v) is 2.91. The molecule has 0 aliphatic carbocycles. The topological polar surface area (TPSA) is 92.0 Å². The molecular weight excluding hydrogens is 469 g/mol. The second-order valence-corrected chi connectivity index (χ2v) is 7.28. The molecule has 1 aromatic carbocycles. The second-order valence-electron chi connectivity index (χ2n) is 7.28. The lowest BCUT2D eigenvalue weighted by atomic mass is 10.1. The average Bonchev–Trinajstić information content (AvgIpc) is 2.64. The van der Waals surface area contributed by atoms with E-state index in [1.807, 2.05) is 38.1 Å². The summed E-state index contributed by atoms with van der Waals surface area (Å²) in [5.41, 5.74) is 7.76. The minimum Gasteiger partial charge on any atom is -0.379 e. The molecule has 1 fully saturated rings. The highest BCUT2D eigenvalue weighted by Crippen LogP contribution is 2.13. The summed E-state index contributed by atoms with van der Waals surface area (Å²) in [5.74, 6) is 0.824. The van der Waals surface area contributed by atoms with Gasteiger partial charge in [0, 0.05) is 31.7 Å². The summed E-state index contributed by atoms with van der Waals surface area (Å²) in [6.07, 6.45) is 1.54. The number of ether oxygens (including phenoxy) is 1. The van der Waals surface area contributed by atoms with Crippen molar-refractivity contribution < 1.29 is 9.53 Å². The summed E-state index contributed by atoms with van der Waals surface area (Å²) in [5, 5.41) is 6.09. The maximum absolute atomic E-state index is 11.9. The van der Waals surface area contributed by atoms with Crippen LogP contribution >= 0.6 is 24.0 Å². The molecule has 1 saturated heterocycles. The molecule has 0 saturated carbocycles. The third-order valence-electron chi connectivity index (χ3n) is 4.30. The molecule has 2 rings (SSSR count). The summed E-state index contributed by atoms with van der Waals surface area (Å²) in [4.78, 5) is 18.7. The Bertz CT molecular complexity index is 618.